The molecule has 0 atom stereocenters. The third-order valence-electron chi connectivity index (χ3n) is 2.64. The van der Waals surface area contributed by atoms with Crippen molar-refractivity contribution < 1.29 is 12.8 Å². The molecule has 0 aliphatic heterocycles. The molecule has 0 amide bonds. The van der Waals surface area contributed by atoms with E-state index < -0.39 is 21.4 Å². The van der Waals surface area contributed by atoms with Crippen molar-refractivity contribution in [2.75, 3.05) is 5.73 Å². The number of nitrogens with two attached hydrogens (primary N) is 1. The number of hydrogen-bond donors (Lipinski definition) is 1. The zero-order valence-electron chi connectivity index (χ0n) is 10.1. The Morgan fingerprint density at radius 3 is 2.60 bits per heavy atom. The summed E-state index contributed by atoms with van der Waals surface area (Å²) in [4.78, 5) is -0.0986. The van der Waals surface area contributed by atoms with Crippen LogP contribution in [-0.2, 0) is 15.6 Å². The predicted octanol–water partition coefficient (Wildman–Crippen LogP) is 3.80. The molecule has 0 spiro atoms. The zero-order chi connectivity index (χ0) is 14.9. The lowest BCUT2D eigenvalue weighted by Crippen LogP contribution is -2.08. The van der Waals surface area contributed by atoms with E-state index in [2.05, 4.69) is 15.9 Å². The van der Waals surface area contributed by atoms with E-state index >= 15 is 0 Å². The summed E-state index contributed by atoms with van der Waals surface area (Å²) in [5.41, 5.74) is 5.91. The quantitative estimate of drug-likeness (QED) is 0.827. The largest absolute Gasteiger partial charge is 0.399 e. The highest BCUT2D eigenvalue weighted by atomic mass is 79.9. The van der Waals surface area contributed by atoms with Gasteiger partial charge >= 0.3 is 0 Å². The molecule has 0 aromatic heterocycles. The van der Waals surface area contributed by atoms with Crippen LogP contribution in [0.2, 0.25) is 5.02 Å². The molecule has 0 aliphatic rings. The molecule has 3 nitrogen and oxygen atoms in total. The van der Waals surface area contributed by atoms with E-state index in [1.165, 1.54) is 36.4 Å². The molecule has 0 fully saturated rings. The van der Waals surface area contributed by atoms with Crippen molar-refractivity contribution in [1.29, 1.82) is 0 Å². The van der Waals surface area contributed by atoms with Crippen LogP contribution in [0.5, 0.6) is 0 Å². The first-order chi connectivity index (χ1) is 9.29. The lowest BCUT2D eigenvalue weighted by atomic mass is 10.2. The lowest BCUT2D eigenvalue weighted by molar-refractivity contribution is 0.587. The first-order valence-corrected chi connectivity index (χ1v) is 8.33. The molecule has 0 heterocycles. The molecule has 7 heteroatoms. The third-order valence-corrected chi connectivity index (χ3v) is 5.28. The number of anilines is 1. The summed E-state index contributed by atoms with van der Waals surface area (Å²) in [5.74, 6) is -1.07. The van der Waals surface area contributed by atoms with Crippen molar-refractivity contribution in [3.05, 3.63) is 57.3 Å². The van der Waals surface area contributed by atoms with Gasteiger partial charge in [0.1, 0.15) is 5.82 Å². The second-order valence-electron chi connectivity index (χ2n) is 4.18. The number of hydrogen-bond acceptors (Lipinski definition) is 3. The van der Waals surface area contributed by atoms with Crippen molar-refractivity contribution in [2.24, 2.45) is 0 Å². The number of benzene rings is 2. The molecule has 0 unspecified atom stereocenters. The summed E-state index contributed by atoms with van der Waals surface area (Å²) >= 11 is 9.06. The van der Waals surface area contributed by atoms with Gasteiger partial charge in [0.2, 0.25) is 0 Å². The first-order valence-electron chi connectivity index (χ1n) is 5.51. The van der Waals surface area contributed by atoms with Crippen LogP contribution in [-0.4, -0.2) is 8.42 Å². The monoisotopic (exact) mass is 377 g/mol. The second kappa shape index (κ2) is 5.71. The van der Waals surface area contributed by atoms with Crippen LogP contribution in [0.3, 0.4) is 0 Å². The van der Waals surface area contributed by atoms with Gasteiger partial charge in [-0.3, -0.25) is 0 Å². The third kappa shape index (κ3) is 3.31. The second-order valence-corrected chi connectivity index (χ2v) is 7.47. The Hall–Kier alpha value is -1.11. The smallest absolute Gasteiger partial charge is 0.184 e. The van der Waals surface area contributed by atoms with Gasteiger partial charge in [-0.25, -0.2) is 12.8 Å². The molecule has 0 aliphatic carbocycles. The number of sulfone groups is 1. The van der Waals surface area contributed by atoms with Crippen molar-refractivity contribution in [3.63, 3.8) is 0 Å². The maximum absolute atomic E-state index is 13.7. The predicted molar refractivity (Wildman–Crippen MR) is 80.9 cm³/mol. The zero-order valence-corrected chi connectivity index (χ0v) is 13.3. The van der Waals surface area contributed by atoms with Crippen molar-refractivity contribution in [2.45, 2.75) is 10.6 Å². The highest BCUT2D eigenvalue weighted by Gasteiger charge is 2.21. The van der Waals surface area contributed by atoms with Crippen LogP contribution < -0.4 is 5.73 Å². The van der Waals surface area contributed by atoms with Gasteiger partial charge < -0.3 is 5.73 Å². The van der Waals surface area contributed by atoms with E-state index in [4.69, 9.17) is 17.3 Å². The van der Waals surface area contributed by atoms with Crippen LogP contribution in [0.4, 0.5) is 10.1 Å². The topological polar surface area (TPSA) is 60.2 Å². The van der Waals surface area contributed by atoms with Crippen molar-refractivity contribution in [3.8, 4) is 0 Å². The molecule has 2 N–H and O–H groups in total. The Kier molecular flexibility index (Phi) is 4.36. The van der Waals surface area contributed by atoms with Crippen LogP contribution in [0, 0.1) is 5.82 Å². The normalized spacial score (nSPS) is 11.6. The summed E-state index contributed by atoms with van der Waals surface area (Å²) in [6.45, 7) is 0. The molecule has 2 rings (SSSR count). The minimum Gasteiger partial charge on any atom is -0.399 e. The highest BCUT2D eigenvalue weighted by Crippen LogP contribution is 2.28. The van der Waals surface area contributed by atoms with Gasteiger partial charge in [-0.1, -0.05) is 27.5 Å². The molecule has 2 aromatic rings. The van der Waals surface area contributed by atoms with E-state index in [0.29, 0.717) is 4.47 Å². The summed E-state index contributed by atoms with van der Waals surface area (Å²) in [7, 11) is -3.78. The number of nitrogen functional groups attached to an aromatic ring is 1. The van der Waals surface area contributed by atoms with Gasteiger partial charge in [0.15, 0.2) is 9.84 Å². The van der Waals surface area contributed by atoms with Gasteiger partial charge in [0.05, 0.1) is 15.7 Å². The van der Waals surface area contributed by atoms with Gasteiger partial charge in [0.25, 0.3) is 0 Å². The molecular weight excluding hydrogens is 369 g/mol. The molecule has 0 saturated carbocycles. The molecule has 2 aromatic carbocycles. The lowest BCUT2D eigenvalue weighted by Gasteiger charge is -2.08. The molecule has 0 saturated heterocycles. The highest BCUT2D eigenvalue weighted by molar-refractivity contribution is 9.10. The van der Waals surface area contributed by atoms with Gasteiger partial charge in [0, 0.05) is 15.7 Å². The molecular formula is C13H10BrClFNO2S. The van der Waals surface area contributed by atoms with E-state index in [1.807, 2.05) is 0 Å². The fourth-order valence-corrected chi connectivity index (χ4v) is 4.04. The van der Waals surface area contributed by atoms with E-state index in [-0.39, 0.29) is 21.2 Å². The number of halogens is 3. The average Bonchev–Trinajstić information content (AvgIpc) is 2.36. The summed E-state index contributed by atoms with van der Waals surface area (Å²) < 4.78 is 38.9. The fourth-order valence-electron chi connectivity index (χ4n) is 1.69. The Morgan fingerprint density at radius 2 is 1.90 bits per heavy atom. The van der Waals surface area contributed by atoms with Crippen LogP contribution in [0.1, 0.15) is 5.56 Å². The van der Waals surface area contributed by atoms with Gasteiger partial charge in [-0.2, -0.15) is 0 Å². The fraction of sp³-hybridized carbons (Fsp3) is 0.0769. The van der Waals surface area contributed by atoms with Crippen molar-refractivity contribution >= 4 is 43.1 Å². The standard InChI is InChI=1S/C13H10BrClFNO2S/c14-9-1-4-12(16)8(5-9)7-20(18,19)13-6-10(17)2-3-11(13)15/h1-6H,7,17H2. The minimum absolute atomic E-state index is 0.0644. The Morgan fingerprint density at radius 1 is 1.20 bits per heavy atom. The molecule has 0 radical (unpaired) electrons. The minimum atomic E-state index is -3.78. The Bertz CT molecular complexity index is 765. The summed E-state index contributed by atoms with van der Waals surface area (Å²) in [5, 5.41) is 0.0644. The average molecular weight is 379 g/mol. The van der Waals surface area contributed by atoms with Gasteiger partial charge in [-0.15, -0.1) is 0 Å². The van der Waals surface area contributed by atoms with Crippen LogP contribution >= 0.6 is 27.5 Å². The molecule has 106 valence electrons. The summed E-state index contributed by atoms with van der Waals surface area (Å²) in [6, 6.07) is 8.30. The van der Waals surface area contributed by atoms with E-state index in [0.717, 1.165) is 0 Å². The van der Waals surface area contributed by atoms with Crippen LogP contribution in [0.25, 0.3) is 0 Å². The summed E-state index contributed by atoms with van der Waals surface area (Å²) in [6.07, 6.45) is 0. The van der Waals surface area contributed by atoms with Crippen molar-refractivity contribution in [1.82, 2.24) is 0 Å². The number of rotatable bonds is 3. The SMILES string of the molecule is Nc1ccc(Cl)c(S(=O)(=O)Cc2cc(Br)ccc2F)c1. The van der Waals surface area contributed by atoms with E-state index in [1.54, 1.807) is 0 Å². The Labute approximate surface area is 129 Å². The molecule has 0 bridgehead atoms. The maximum atomic E-state index is 13.7. The Balaban J connectivity index is 2.46. The maximum Gasteiger partial charge on any atom is 0.184 e. The van der Waals surface area contributed by atoms with E-state index in [9.17, 15) is 12.8 Å². The van der Waals surface area contributed by atoms with Crippen LogP contribution in [0.15, 0.2) is 45.8 Å². The van der Waals surface area contributed by atoms with Gasteiger partial charge in [-0.05, 0) is 36.4 Å². The first kappa shape index (κ1) is 15.3. The molecule has 20 heavy (non-hydrogen) atoms.